The van der Waals surface area contributed by atoms with Crippen molar-refractivity contribution in [3.63, 3.8) is 0 Å². The molecule has 0 atom stereocenters. The van der Waals surface area contributed by atoms with Gasteiger partial charge in [0, 0.05) is 4.47 Å². The Hall–Kier alpha value is -2.80. The average Bonchev–Trinajstić information content (AvgIpc) is 2.86. The molecule has 7 heteroatoms. The van der Waals surface area contributed by atoms with Crippen LogP contribution >= 0.6 is 15.9 Å². The van der Waals surface area contributed by atoms with Crippen LogP contribution in [0.1, 0.15) is 11.1 Å². The van der Waals surface area contributed by atoms with Crippen LogP contribution in [0.5, 0.6) is 11.5 Å². The number of hydrogen-bond acceptors (Lipinski definition) is 4. The summed E-state index contributed by atoms with van der Waals surface area (Å²) < 4.78 is 5.64. The van der Waals surface area contributed by atoms with E-state index in [-0.39, 0.29) is 23.7 Å². The highest BCUT2D eigenvalue weighted by molar-refractivity contribution is 9.10. The van der Waals surface area contributed by atoms with Gasteiger partial charge in [0.15, 0.2) is 11.5 Å². The molecular formula is C18H15BrN2O4. The molecule has 0 saturated carbocycles. The number of phenolic OH excluding ortho intramolecular Hbond substituents is 1. The van der Waals surface area contributed by atoms with E-state index in [9.17, 15) is 14.7 Å². The summed E-state index contributed by atoms with van der Waals surface area (Å²) in [5.41, 5.74) is 1.62. The molecule has 0 unspecified atom stereocenters. The summed E-state index contributed by atoms with van der Waals surface area (Å²) in [5.74, 6) is -0.162. The molecule has 25 heavy (non-hydrogen) atoms. The number of urea groups is 1. The van der Waals surface area contributed by atoms with Crippen LogP contribution in [0, 0.1) is 0 Å². The second kappa shape index (κ2) is 6.98. The van der Waals surface area contributed by atoms with Crippen LogP contribution in [0.2, 0.25) is 0 Å². The molecule has 0 aliphatic carbocycles. The van der Waals surface area contributed by atoms with Crippen molar-refractivity contribution in [1.82, 2.24) is 10.2 Å². The SMILES string of the molecule is COc1cc(/C=C2\NC(=O)N(Cc3ccccc3)C2=O)c(Br)cc1O. The topological polar surface area (TPSA) is 78.9 Å². The predicted molar refractivity (Wildman–Crippen MR) is 95.9 cm³/mol. The number of ether oxygens (including phenoxy) is 1. The van der Waals surface area contributed by atoms with Crippen LogP contribution in [0.3, 0.4) is 0 Å². The van der Waals surface area contributed by atoms with E-state index in [4.69, 9.17) is 4.74 Å². The molecule has 0 bridgehead atoms. The highest BCUT2D eigenvalue weighted by Gasteiger charge is 2.33. The first kappa shape index (κ1) is 17.0. The van der Waals surface area contributed by atoms with Crippen LogP contribution in [-0.4, -0.2) is 29.1 Å². The standard InChI is InChI=1S/C18H15BrN2O4/c1-25-16-8-12(13(19)9-15(16)22)7-14-17(23)21(18(24)20-14)10-11-5-3-2-4-6-11/h2-9,22H,10H2,1H3,(H,20,24)/b14-7-. The summed E-state index contributed by atoms with van der Waals surface area (Å²) in [5, 5.41) is 12.3. The average molecular weight is 403 g/mol. The summed E-state index contributed by atoms with van der Waals surface area (Å²) in [6, 6.07) is 11.8. The van der Waals surface area contributed by atoms with E-state index in [0.29, 0.717) is 10.0 Å². The number of nitrogens with one attached hydrogen (secondary N) is 1. The molecule has 0 radical (unpaired) electrons. The van der Waals surface area contributed by atoms with Gasteiger partial charge in [0.2, 0.25) is 0 Å². The molecule has 2 aromatic carbocycles. The summed E-state index contributed by atoms with van der Waals surface area (Å²) in [6.07, 6.45) is 1.54. The van der Waals surface area contributed by atoms with Crippen molar-refractivity contribution in [2.24, 2.45) is 0 Å². The number of carbonyl (C=O) groups is 2. The van der Waals surface area contributed by atoms with E-state index in [1.165, 1.54) is 19.3 Å². The fourth-order valence-electron chi connectivity index (χ4n) is 2.47. The summed E-state index contributed by atoms with van der Waals surface area (Å²) in [4.78, 5) is 25.8. The highest BCUT2D eigenvalue weighted by atomic mass is 79.9. The quantitative estimate of drug-likeness (QED) is 0.607. The van der Waals surface area contributed by atoms with Gasteiger partial charge in [0.25, 0.3) is 5.91 Å². The smallest absolute Gasteiger partial charge is 0.329 e. The molecule has 6 nitrogen and oxygen atoms in total. The third-order valence-electron chi connectivity index (χ3n) is 3.74. The Labute approximate surface area is 152 Å². The Morgan fingerprint density at radius 3 is 2.64 bits per heavy atom. The minimum absolute atomic E-state index is 0.0241. The van der Waals surface area contributed by atoms with E-state index in [2.05, 4.69) is 21.2 Å². The minimum atomic E-state index is -0.470. The van der Waals surface area contributed by atoms with Gasteiger partial charge in [-0.2, -0.15) is 0 Å². The van der Waals surface area contributed by atoms with E-state index in [1.54, 1.807) is 6.07 Å². The molecule has 0 spiro atoms. The zero-order valence-electron chi connectivity index (χ0n) is 13.3. The molecule has 0 aromatic heterocycles. The van der Waals surface area contributed by atoms with Crippen molar-refractivity contribution in [3.8, 4) is 11.5 Å². The summed E-state index contributed by atoms with van der Waals surface area (Å²) >= 11 is 3.32. The van der Waals surface area contributed by atoms with Crippen LogP contribution in [-0.2, 0) is 11.3 Å². The van der Waals surface area contributed by atoms with Crippen molar-refractivity contribution >= 4 is 33.9 Å². The molecule has 1 aliphatic heterocycles. The first-order valence-corrected chi connectivity index (χ1v) is 8.24. The van der Waals surface area contributed by atoms with Crippen molar-refractivity contribution in [2.75, 3.05) is 7.11 Å². The van der Waals surface area contributed by atoms with Crippen LogP contribution in [0.15, 0.2) is 52.6 Å². The summed E-state index contributed by atoms with van der Waals surface area (Å²) in [6.45, 7) is 0.197. The van der Waals surface area contributed by atoms with E-state index in [0.717, 1.165) is 10.5 Å². The number of aromatic hydroxyl groups is 1. The van der Waals surface area contributed by atoms with Crippen LogP contribution < -0.4 is 10.1 Å². The first-order valence-electron chi connectivity index (χ1n) is 7.44. The van der Waals surface area contributed by atoms with Gasteiger partial charge < -0.3 is 15.2 Å². The highest BCUT2D eigenvalue weighted by Crippen LogP contribution is 2.33. The fraction of sp³-hybridized carbons (Fsp3) is 0.111. The lowest BCUT2D eigenvalue weighted by Gasteiger charge is -2.11. The van der Waals surface area contributed by atoms with Crippen molar-refractivity contribution in [1.29, 1.82) is 0 Å². The first-order chi connectivity index (χ1) is 12.0. The third-order valence-corrected chi connectivity index (χ3v) is 4.43. The molecular weight excluding hydrogens is 388 g/mol. The normalized spacial score (nSPS) is 15.6. The minimum Gasteiger partial charge on any atom is -0.504 e. The number of halogens is 1. The van der Waals surface area contributed by atoms with Gasteiger partial charge in [-0.1, -0.05) is 46.3 Å². The molecule has 1 fully saturated rings. The molecule has 1 saturated heterocycles. The molecule has 1 heterocycles. The third kappa shape index (κ3) is 3.51. The Morgan fingerprint density at radius 2 is 1.96 bits per heavy atom. The molecule has 3 amide bonds. The van der Waals surface area contributed by atoms with Gasteiger partial charge >= 0.3 is 6.03 Å². The maximum absolute atomic E-state index is 12.5. The fourth-order valence-corrected chi connectivity index (χ4v) is 2.92. The van der Waals surface area contributed by atoms with Crippen molar-refractivity contribution in [3.05, 3.63) is 63.8 Å². The van der Waals surface area contributed by atoms with Crippen molar-refractivity contribution < 1.29 is 19.4 Å². The molecule has 2 aromatic rings. The number of benzene rings is 2. The van der Waals surface area contributed by atoms with Gasteiger partial charge in [-0.15, -0.1) is 0 Å². The van der Waals surface area contributed by atoms with Gasteiger partial charge in [-0.25, -0.2) is 4.79 Å². The zero-order valence-corrected chi connectivity index (χ0v) is 14.9. The van der Waals surface area contributed by atoms with Crippen LogP contribution in [0.25, 0.3) is 6.08 Å². The summed E-state index contributed by atoms with van der Waals surface area (Å²) in [7, 11) is 1.43. The zero-order chi connectivity index (χ0) is 18.0. The van der Waals surface area contributed by atoms with E-state index >= 15 is 0 Å². The predicted octanol–water partition coefficient (Wildman–Crippen LogP) is 3.26. The molecule has 1 aliphatic rings. The maximum Gasteiger partial charge on any atom is 0.329 e. The second-order valence-corrected chi connectivity index (χ2v) is 6.26. The Kier molecular flexibility index (Phi) is 4.76. The maximum atomic E-state index is 12.5. The number of hydrogen-bond donors (Lipinski definition) is 2. The van der Waals surface area contributed by atoms with Crippen molar-refractivity contribution in [2.45, 2.75) is 6.54 Å². The Bertz CT molecular complexity index is 865. The number of methoxy groups -OCH3 is 1. The number of rotatable bonds is 4. The second-order valence-electron chi connectivity index (χ2n) is 5.41. The number of carbonyl (C=O) groups excluding carboxylic acids is 2. The monoisotopic (exact) mass is 402 g/mol. The van der Waals surface area contributed by atoms with E-state index in [1.807, 2.05) is 30.3 Å². The largest absolute Gasteiger partial charge is 0.504 e. The Morgan fingerprint density at radius 1 is 1.24 bits per heavy atom. The molecule has 3 rings (SSSR count). The van der Waals surface area contributed by atoms with E-state index < -0.39 is 11.9 Å². The van der Waals surface area contributed by atoms with Gasteiger partial charge in [-0.3, -0.25) is 9.69 Å². The number of phenols is 1. The lowest BCUT2D eigenvalue weighted by atomic mass is 10.1. The lowest BCUT2D eigenvalue weighted by Crippen LogP contribution is -2.30. The number of imide groups is 1. The van der Waals surface area contributed by atoms with Gasteiger partial charge in [0.1, 0.15) is 5.70 Å². The van der Waals surface area contributed by atoms with Gasteiger partial charge in [-0.05, 0) is 29.3 Å². The van der Waals surface area contributed by atoms with Crippen LogP contribution in [0.4, 0.5) is 4.79 Å². The van der Waals surface area contributed by atoms with Gasteiger partial charge in [0.05, 0.1) is 13.7 Å². The molecule has 128 valence electrons. The Balaban J connectivity index is 1.88. The lowest BCUT2D eigenvalue weighted by molar-refractivity contribution is -0.123. The molecule has 2 N–H and O–H groups in total. The number of nitrogens with zero attached hydrogens (tertiary/aromatic N) is 1. The number of amides is 3.